The predicted molar refractivity (Wildman–Crippen MR) is 91.4 cm³/mol. The molecular formula is C17H24N2OS. The highest BCUT2D eigenvalue weighted by molar-refractivity contribution is 8.14. The summed E-state index contributed by atoms with van der Waals surface area (Å²) in [5.41, 5.74) is 2.80. The molecule has 3 rings (SSSR count). The zero-order valence-corrected chi connectivity index (χ0v) is 13.9. The second-order valence-corrected chi connectivity index (χ2v) is 7.96. The van der Waals surface area contributed by atoms with Crippen molar-refractivity contribution in [1.29, 1.82) is 0 Å². The van der Waals surface area contributed by atoms with E-state index in [-0.39, 0.29) is 11.0 Å². The van der Waals surface area contributed by atoms with Gasteiger partial charge in [-0.2, -0.15) is 0 Å². The summed E-state index contributed by atoms with van der Waals surface area (Å²) in [7, 11) is 0. The number of anilines is 1. The second-order valence-electron chi connectivity index (χ2n) is 6.99. The lowest BCUT2D eigenvalue weighted by Gasteiger charge is -2.29. The molecule has 0 radical (unpaired) electrons. The number of nitrogens with one attached hydrogen (secondary N) is 1. The molecule has 0 aromatic heterocycles. The molecule has 114 valence electrons. The fourth-order valence-electron chi connectivity index (χ4n) is 2.73. The largest absolute Gasteiger partial charge is 0.381 e. The summed E-state index contributed by atoms with van der Waals surface area (Å²) in [6.45, 7) is 8.40. The summed E-state index contributed by atoms with van der Waals surface area (Å²) in [5, 5.41) is 4.52. The van der Waals surface area contributed by atoms with E-state index < -0.39 is 0 Å². The smallest absolute Gasteiger partial charge is 0.161 e. The van der Waals surface area contributed by atoms with Crippen molar-refractivity contribution in [2.24, 2.45) is 4.99 Å². The third-order valence-electron chi connectivity index (χ3n) is 4.24. The predicted octanol–water partition coefficient (Wildman–Crippen LogP) is 4.05. The summed E-state index contributed by atoms with van der Waals surface area (Å²) < 4.78 is 5.46. The summed E-state index contributed by atoms with van der Waals surface area (Å²) in [6, 6.07) is 8.71. The Hall–Kier alpha value is -1.00. The van der Waals surface area contributed by atoms with Crippen LogP contribution in [0.15, 0.2) is 29.3 Å². The monoisotopic (exact) mass is 304 g/mol. The first-order valence-corrected chi connectivity index (χ1v) is 8.63. The molecule has 0 atom stereocenters. The van der Waals surface area contributed by atoms with Crippen LogP contribution in [0.3, 0.4) is 0 Å². The van der Waals surface area contributed by atoms with E-state index in [2.05, 4.69) is 50.4 Å². The van der Waals surface area contributed by atoms with Gasteiger partial charge in [-0.25, -0.2) is 0 Å². The van der Waals surface area contributed by atoms with Crippen molar-refractivity contribution in [1.82, 2.24) is 0 Å². The quantitative estimate of drug-likeness (QED) is 0.850. The number of hydrogen-bond donors (Lipinski definition) is 1. The average molecular weight is 304 g/mol. The first-order chi connectivity index (χ1) is 9.97. The minimum absolute atomic E-state index is 0.122. The van der Waals surface area contributed by atoms with Crippen LogP contribution in [0.2, 0.25) is 0 Å². The highest BCUT2D eigenvalue weighted by Crippen LogP contribution is 2.36. The summed E-state index contributed by atoms with van der Waals surface area (Å²) in [4.78, 5) is 4.93. The van der Waals surface area contributed by atoms with Gasteiger partial charge < -0.3 is 10.1 Å². The van der Waals surface area contributed by atoms with E-state index in [1.54, 1.807) is 0 Å². The number of ether oxygens (including phenoxy) is 1. The van der Waals surface area contributed by atoms with E-state index in [1.807, 2.05) is 11.8 Å². The van der Waals surface area contributed by atoms with Crippen molar-refractivity contribution in [3.05, 3.63) is 29.8 Å². The van der Waals surface area contributed by atoms with Crippen LogP contribution in [0, 0.1) is 0 Å². The molecule has 4 heteroatoms. The lowest BCUT2D eigenvalue weighted by molar-refractivity contribution is 0.0624. The van der Waals surface area contributed by atoms with E-state index >= 15 is 0 Å². The molecule has 3 nitrogen and oxygen atoms in total. The van der Waals surface area contributed by atoms with E-state index in [0.29, 0.717) is 0 Å². The van der Waals surface area contributed by atoms with E-state index in [1.165, 1.54) is 5.56 Å². The Kier molecular flexibility index (Phi) is 4.02. The molecule has 1 aromatic rings. The molecule has 1 fully saturated rings. The molecule has 1 spiro atoms. The Morgan fingerprint density at radius 2 is 1.81 bits per heavy atom. The first kappa shape index (κ1) is 14.9. The Morgan fingerprint density at radius 1 is 1.14 bits per heavy atom. The van der Waals surface area contributed by atoms with Gasteiger partial charge in [-0.15, -0.1) is 0 Å². The van der Waals surface area contributed by atoms with Crippen LogP contribution < -0.4 is 5.32 Å². The molecule has 1 N–H and O–H groups in total. The van der Waals surface area contributed by atoms with Gasteiger partial charge in [-0.1, -0.05) is 44.7 Å². The molecule has 0 bridgehead atoms. The minimum atomic E-state index is 0.122. The van der Waals surface area contributed by atoms with Crippen molar-refractivity contribution in [2.75, 3.05) is 24.3 Å². The van der Waals surface area contributed by atoms with Crippen LogP contribution >= 0.6 is 11.8 Å². The van der Waals surface area contributed by atoms with Gasteiger partial charge in [0.15, 0.2) is 5.17 Å². The van der Waals surface area contributed by atoms with E-state index in [9.17, 15) is 0 Å². The molecule has 21 heavy (non-hydrogen) atoms. The normalized spacial score (nSPS) is 21.4. The molecule has 2 aliphatic heterocycles. The molecule has 1 saturated heterocycles. The second kappa shape index (κ2) is 5.65. The lowest BCUT2D eigenvalue weighted by atomic mass is 9.87. The number of amidine groups is 1. The number of nitrogens with zero attached hydrogens (tertiary/aromatic N) is 1. The Morgan fingerprint density at radius 3 is 2.43 bits per heavy atom. The van der Waals surface area contributed by atoms with Crippen LogP contribution in [0.4, 0.5) is 5.69 Å². The Balaban J connectivity index is 1.68. The highest BCUT2D eigenvalue weighted by Gasteiger charge is 2.37. The van der Waals surface area contributed by atoms with Crippen molar-refractivity contribution in [2.45, 2.75) is 44.6 Å². The molecule has 0 amide bonds. The molecular weight excluding hydrogens is 280 g/mol. The van der Waals surface area contributed by atoms with Crippen molar-refractivity contribution < 1.29 is 4.74 Å². The number of aliphatic imine (C=N–C) groups is 1. The fraction of sp³-hybridized carbons (Fsp3) is 0.588. The molecule has 1 aromatic carbocycles. The van der Waals surface area contributed by atoms with Crippen molar-refractivity contribution in [3.8, 4) is 0 Å². The number of rotatable bonds is 1. The summed E-state index contributed by atoms with van der Waals surface area (Å²) >= 11 is 1.84. The van der Waals surface area contributed by atoms with Gasteiger partial charge in [-0.3, -0.25) is 4.99 Å². The standard InChI is InChI=1S/C17H24N2OS/c1-16(2,3)13-4-6-14(7-5-13)18-15-19-17(12-21-15)8-10-20-11-9-17/h4-7H,8-12H2,1-3H3,(H,18,19). The SMILES string of the molecule is CC(C)(C)c1ccc(NC2=NC3(CCOCC3)CS2)cc1. The molecule has 0 aliphatic carbocycles. The zero-order chi connectivity index (χ0) is 14.9. The van der Waals surface area contributed by atoms with Crippen LogP contribution in [0.1, 0.15) is 39.2 Å². The van der Waals surface area contributed by atoms with Crippen LogP contribution in [-0.4, -0.2) is 29.7 Å². The third-order valence-corrected chi connectivity index (χ3v) is 5.39. The first-order valence-electron chi connectivity index (χ1n) is 7.65. The molecule has 0 saturated carbocycles. The lowest BCUT2D eigenvalue weighted by Crippen LogP contribution is -2.34. The van der Waals surface area contributed by atoms with Crippen LogP contribution in [-0.2, 0) is 10.2 Å². The van der Waals surface area contributed by atoms with E-state index in [4.69, 9.17) is 9.73 Å². The van der Waals surface area contributed by atoms with Gasteiger partial charge in [0, 0.05) is 24.7 Å². The summed E-state index contributed by atoms with van der Waals surface area (Å²) in [6.07, 6.45) is 2.10. The molecule has 2 heterocycles. The van der Waals surface area contributed by atoms with Crippen molar-refractivity contribution in [3.63, 3.8) is 0 Å². The van der Waals surface area contributed by atoms with Crippen LogP contribution in [0.5, 0.6) is 0 Å². The number of hydrogen-bond acceptors (Lipinski definition) is 4. The third kappa shape index (κ3) is 3.43. The van der Waals surface area contributed by atoms with Gasteiger partial charge in [0.2, 0.25) is 0 Å². The highest BCUT2D eigenvalue weighted by atomic mass is 32.2. The number of benzene rings is 1. The average Bonchev–Trinajstić information content (AvgIpc) is 2.82. The number of thioether (sulfide) groups is 1. The zero-order valence-electron chi connectivity index (χ0n) is 13.1. The van der Waals surface area contributed by atoms with E-state index in [0.717, 1.165) is 42.7 Å². The fourth-order valence-corrected chi connectivity index (χ4v) is 3.94. The van der Waals surface area contributed by atoms with Crippen molar-refractivity contribution >= 4 is 22.6 Å². The Labute approximate surface area is 131 Å². The molecule has 0 unspecified atom stereocenters. The van der Waals surface area contributed by atoms with Gasteiger partial charge in [0.05, 0.1) is 5.54 Å². The van der Waals surface area contributed by atoms with Gasteiger partial charge in [0.25, 0.3) is 0 Å². The maximum Gasteiger partial charge on any atom is 0.161 e. The topological polar surface area (TPSA) is 33.6 Å². The van der Waals surface area contributed by atoms with Gasteiger partial charge in [0.1, 0.15) is 0 Å². The maximum absolute atomic E-state index is 5.46. The van der Waals surface area contributed by atoms with Crippen LogP contribution in [0.25, 0.3) is 0 Å². The Bertz CT molecular complexity index is 525. The molecule has 2 aliphatic rings. The van der Waals surface area contributed by atoms with Gasteiger partial charge in [-0.05, 0) is 36.0 Å². The van der Waals surface area contributed by atoms with Gasteiger partial charge >= 0.3 is 0 Å². The maximum atomic E-state index is 5.46. The summed E-state index contributed by atoms with van der Waals surface area (Å²) in [5.74, 6) is 1.08. The minimum Gasteiger partial charge on any atom is -0.381 e.